The number of rotatable bonds is 3. The molecule has 1 N–H and O–H groups in total. The predicted molar refractivity (Wildman–Crippen MR) is 101 cm³/mol. The van der Waals surface area contributed by atoms with Crippen molar-refractivity contribution in [3.8, 4) is 11.5 Å². The lowest BCUT2D eigenvalue weighted by atomic mass is 9.86. The van der Waals surface area contributed by atoms with E-state index in [1.165, 1.54) is 0 Å². The molecule has 0 fully saturated rings. The van der Waals surface area contributed by atoms with E-state index in [1.807, 2.05) is 24.3 Å². The molecule has 0 atom stereocenters. The van der Waals surface area contributed by atoms with Gasteiger partial charge in [0.25, 0.3) is 10.0 Å². The topological polar surface area (TPSA) is 64.6 Å². The third-order valence-electron chi connectivity index (χ3n) is 4.85. The minimum Gasteiger partial charge on any atom is -0.493 e. The Morgan fingerprint density at radius 3 is 2.54 bits per heavy atom. The average Bonchev–Trinajstić information content (AvgIpc) is 3.19. The number of ether oxygens (including phenoxy) is 2. The smallest absolute Gasteiger partial charge is 0.266 e. The highest BCUT2D eigenvalue weighted by molar-refractivity contribution is 7.92. The van der Waals surface area contributed by atoms with Crippen molar-refractivity contribution in [3.05, 3.63) is 47.0 Å². The van der Waals surface area contributed by atoms with E-state index in [1.54, 1.807) is 6.07 Å². The Morgan fingerprint density at radius 1 is 1.04 bits per heavy atom. The van der Waals surface area contributed by atoms with Crippen LogP contribution in [-0.2, 0) is 28.3 Å². The van der Waals surface area contributed by atoms with E-state index in [2.05, 4.69) is 25.5 Å². The number of sulfonamides is 1. The Hall–Kier alpha value is -2.21. The summed E-state index contributed by atoms with van der Waals surface area (Å²) < 4.78 is 40.9. The van der Waals surface area contributed by atoms with Gasteiger partial charge in [0.1, 0.15) is 16.4 Å². The van der Waals surface area contributed by atoms with Crippen molar-refractivity contribution in [3.63, 3.8) is 0 Å². The van der Waals surface area contributed by atoms with Gasteiger partial charge in [-0.2, -0.15) is 0 Å². The second-order valence-corrected chi connectivity index (χ2v) is 9.39. The number of nitrogens with one attached hydrogen (secondary N) is 1. The molecule has 6 heteroatoms. The van der Waals surface area contributed by atoms with E-state index in [0.717, 1.165) is 11.1 Å². The first-order chi connectivity index (χ1) is 12.3. The van der Waals surface area contributed by atoms with Gasteiger partial charge in [-0.1, -0.05) is 39.0 Å². The minimum absolute atomic E-state index is 0.181. The molecule has 0 aromatic heterocycles. The van der Waals surface area contributed by atoms with Crippen LogP contribution in [0.3, 0.4) is 0 Å². The van der Waals surface area contributed by atoms with Gasteiger partial charge in [0.05, 0.1) is 18.9 Å². The van der Waals surface area contributed by atoms with Crippen LogP contribution in [0, 0.1) is 0 Å². The number of hydrogen-bond donors (Lipinski definition) is 1. The number of benzene rings is 2. The standard InChI is InChI=1S/C20H23NO4S/c1-20(2,3)15-6-4-5-7-16(15)21-26(22,23)19-14-9-11-24-17(14)12-13-8-10-25-18(13)19/h4-7,12,21H,8-11H2,1-3H3. The zero-order valence-electron chi connectivity index (χ0n) is 15.3. The third-order valence-corrected chi connectivity index (χ3v) is 6.31. The first kappa shape index (κ1) is 17.2. The molecule has 4 rings (SSSR count). The maximum Gasteiger partial charge on any atom is 0.266 e. The fourth-order valence-electron chi connectivity index (χ4n) is 3.65. The summed E-state index contributed by atoms with van der Waals surface area (Å²) in [5.74, 6) is 1.15. The first-order valence-electron chi connectivity index (χ1n) is 8.84. The van der Waals surface area contributed by atoms with Crippen LogP contribution in [0.2, 0.25) is 0 Å². The van der Waals surface area contributed by atoms with Crippen LogP contribution in [0.25, 0.3) is 0 Å². The van der Waals surface area contributed by atoms with Crippen molar-refractivity contribution in [1.82, 2.24) is 0 Å². The molecule has 2 heterocycles. The molecule has 0 bridgehead atoms. The SMILES string of the molecule is CC(C)(C)c1ccccc1NS(=O)(=O)c1c2c(cc3c1OCC3)OCC2. The Balaban J connectivity index is 1.83. The molecule has 2 aliphatic rings. The van der Waals surface area contributed by atoms with Crippen LogP contribution in [0.5, 0.6) is 11.5 Å². The van der Waals surface area contributed by atoms with E-state index in [0.29, 0.717) is 48.8 Å². The molecule has 26 heavy (non-hydrogen) atoms. The summed E-state index contributed by atoms with van der Waals surface area (Å²) in [5, 5.41) is 0. The Morgan fingerprint density at radius 2 is 1.77 bits per heavy atom. The predicted octanol–water partition coefficient (Wildman–Crippen LogP) is 3.65. The summed E-state index contributed by atoms with van der Waals surface area (Å²) in [6.45, 7) is 7.19. The third kappa shape index (κ3) is 2.82. The van der Waals surface area contributed by atoms with Crippen molar-refractivity contribution in [1.29, 1.82) is 0 Å². The summed E-state index contributed by atoms with van der Waals surface area (Å²) in [6, 6.07) is 9.45. The van der Waals surface area contributed by atoms with Crippen LogP contribution in [0.1, 0.15) is 37.5 Å². The fourth-order valence-corrected chi connectivity index (χ4v) is 5.18. The lowest BCUT2D eigenvalue weighted by molar-refractivity contribution is 0.348. The quantitative estimate of drug-likeness (QED) is 0.892. The van der Waals surface area contributed by atoms with Gasteiger partial charge in [-0.3, -0.25) is 4.72 Å². The van der Waals surface area contributed by atoms with E-state index < -0.39 is 10.0 Å². The molecule has 0 aliphatic carbocycles. The Bertz CT molecular complexity index is 942. The maximum atomic E-state index is 13.4. The van der Waals surface area contributed by atoms with E-state index in [9.17, 15) is 8.42 Å². The molecule has 2 aromatic carbocycles. The molecule has 138 valence electrons. The van der Waals surface area contributed by atoms with Gasteiger partial charge >= 0.3 is 0 Å². The zero-order chi connectivity index (χ0) is 18.5. The lowest BCUT2D eigenvalue weighted by Crippen LogP contribution is -2.20. The molecular weight excluding hydrogens is 350 g/mol. The highest BCUT2D eigenvalue weighted by Gasteiger charge is 2.34. The van der Waals surface area contributed by atoms with Crippen LogP contribution in [0.4, 0.5) is 5.69 Å². The van der Waals surface area contributed by atoms with Gasteiger partial charge in [0.15, 0.2) is 0 Å². The summed E-state index contributed by atoms with van der Waals surface area (Å²) >= 11 is 0. The molecule has 0 saturated heterocycles. The summed E-state index contributed by atoms with van der Waals surface area (Å²) in [6.07, 6.45) is 1.27. The van der Waals surface area contributed by atoms with Crippen LogP contribution in [0.15, 0.2) is 35.2 Å². The molecule has 0 amide bonds. The van der Waals surface area contributed by atoms with Gasteiger partial charge in [-0.05, 0) is 23.1 Å². The number of fused-ring (bicyclic) bond motifs is 2. The molecule has 0 saturated carbocycles. The minimum atomic E-state index is -3.80. The molecule has 2 aliphatic heterocycles. The van der Waals surface area contributed by atoms with Gasteiger partial charge < -0.3 is 9.47 Å². The molecule has 0 spiro atoms. The zero-order valence-corrected chi connectivity index (χ0v) is 16.1. The van der Waals surface area contributed by atoms with Crippen LogP contribution >= 0.6 is 0 Å². The van der Waals surface area contributed by atoms with E-state index in [-0.39, 0.29) is 10.3 Å². The molecular formula is C20H23NO4S. The van der Waals surface area contributed by atoms with Crippen molar-refractivity contribution >= 4 is 15.7 Å². The number of anilines is 1. The van der Waals surface area contributed by atoms with Crippen molar-refractivity contribution in [2.75, 3.05) is 17.9 Å². The van der Waals surface area contributed by atoms with Gasteiger partial charge in [0.2, 0.25) is 0 Å². The fraction of sp³-hybridized carbons (Fsp3) is 0.400. The first-order valence-corrected chi connectivity index (χ1v) is 10.3. The Kier molecular flexibility index (Phi) is 3.91. The van der Waals surface area contributed by atoms with E-state index in [4.69, 9.17) is 9.47 Å². The molecule has 5 nitrogen and oxygen atoms in total. The lowest BCUT2D eigenvalue weighted by Gasteiger charge is -2.24. The van der Waals surface area contributed by atoms with Gasteiger partial charge in [-0.25, -0.2) is 8.42 Å². The molecule has 2 aromatic rings. The van der Waals surface area contributed by atoms with Crippen LogP contribution in [-0.4, -0.2) is 21.6 Å². The Labute approximate surface area is 154 Å². The van der Waals surface area contributed by atoms with Crippen molar-refractivity contribution in [2.24, 2.45) is 0 Å². The summed E-state index contributed by atoms with van der Waals surface area (Å²) in [5.41, 5.74) is 2.98. The van der Waals surface area contributed by atoms with Gasteiger partial charge in [0, 0.05) is 24.0 Å². The highest BCUT2D eigenvalue weighted by Crippen LogP contribution is 2.44. The largest absolute Gasteiger partial charge is 0.493 e. The van der Waals surface area contributed by atoms with Crippen molar-refractivity contribution in [2.45, 2.75) is 43.9 Å². The van der Waals surface area contributed by atoms with Crippen molar-refractivity contribution < 1.29 is 17.9 Å². The van der Waals surface area contributed by atoms with Gasteiger partial charge in [-0.15, -0.1) is 0 Å². The monoisotopic (exact) mass is 373 g/mol. The second kappa shape index (κ2) is 5.91. The summed E-state index contributed by atoms with van der Waals surface area (Å²) in [7, 11) is -3.80. The highest BCUT2D eigenvalue weighted by atomic mass is 32.2. The summed E-state index contributed by atoms with van der Waals surface area (Å²) in [4.78, 5) is 0.240. The normalized spacial score (nSPS) is 15.8. The number of hydrogen-bond acceptors (Lipinski definition) is 4. The maximum absolute atomic E-state index is 13.4. The average molecular weight is 373 g/mol. The van der Waals surface area contributed by atoms with Crippen LogP contribution < -0.4 is 14.2 Å². The van der Waals surface area contributed by atoms with E-state index >= 15 is 0 Å². The molecule has 0 unspecified atom stereocenters. The number of para-hydroxylation sites is 1. The second-order valence-electron chi connectivity index (χ2n) is 7.77. The molecule has 0 radical (unpaired) electrons.